The summed E-state index contributed by atoms with van der Waals surface area (Å²) in [6, 6.07) is 53.2. The predicted octanol–water partition coefficient (Wildman–Crippen LogP) is 12.7. The van der Waals surface area contributed by atoms with Crippen molar-refractivity contribution in [1.82, 2.24) is 0 Å². The summed E-state index contributed by atoms with van der Waals surface area (Å²) in [5.74, 6) is 0. The SMILES string of the molecule is CC1(C)c2ccccc2-c2c1c(-c1c3ccccc3c(-c3ccccc3)c3ccccc13)cc1oc3cc4ccccc4cc3c21. The monoisotopic (exact) mass is 586 g/mol. The lowest BCUT2D eigenvalue weighted by molar-refractivity contribution is 0.658. The molecule has 0 aliphatic heterocycles. The third-order valence-electron chi connectivity index (χ3n) is 10.4. The lowest BCUT2D eigenvalue weighted by Crippen LogP contribution is -2.16. The van der Waals surface area contributed by atoms with Crippen molar-refractivity contribution >= 4 is 54.3 Å². The number of hydrogen-bond acceptors (Lipinski definition) is 1. The van der Waals surface area contributed by atoms with Gasteiger partial charge in [-0.05, 0) is 95.0 Å². The maximum Gasteiger partial charge on any atom is 0.136 e. The van der Waals surface area contributed by atoms with Gasteiger partial charge in [0.2, 0.25) is 0 Å². The van der Waals surface area contributed by atoms with Gasteiger partial charge in [-0.15, -0.1) is 0 Å². The van der Waals surface area contributed by atoms with Gasteiger partial charge in [0.15, 0.2) is 0 Å². The van der Waals surface area contributed by atoms with E-state index in [1.165, 1.54) is 87.6 Å². The van der Waals surface area contributed by atoms with Crippen molar-refractivity contribution in [3.05, 3.63) is 157 Å². The molecule has 0 amide bonds. The molecule has 1 heterocycles. The minimum absolute atomic E-state index is 0.212. The summed E-state index contributed by atoms with van der Waals surface area (Å²) in [5.41, 5.74) is 12.1. The molecule has 46 heavy (non-hydrogen) atoms. The fourth-order valence-corrected chi connectivity index (χ4v) is 8.45. The summed E-state index contributed by atoms with van der Waals surface area (Å²) in [6.07, 6.45) is 0. The third-order valence-corrected chi connectivity index (χ3v) is 10.4. The van der Waals surface area contributed by atoms with Gasteiger partial charge in [0.1, 0.15) is 11.2 Å². The summed E-state index contributed by atoms with van der Waals surface area (Å²) in [5, 5.41) is 9.87. The first-order valence-corrected chi connectivity index (χ1v) is 16.1. The first-order chi connectivity index (χ1) is 22.6. The molecule has 9 aromatic rings. The Balaban J connectivity index is 1.43. The average molecular weight is 587 g/mol. The van der Waals surface area contributed by atoms with Crippen molar-refractivity contribution < 1.29 is 4.42 Å². The maximum atomic E-state index is 6.85. The zero-order chi connectivity index (χ0) is 30.6. The molecule has 8 aromatic carbocycles. The van der Waals surface area contributed by atoms with Crippen LogP contribution in [-0.2, 0) is 5.41 Å². The third kappa shape index (κ3) is 3.35. The zero-order valence-corrected chi connectivity index (χ0v) is 25.8. The van der Waals surface area contributed by atoms with E-state index in [2.05, 4.69) is 159 Å². The molecule has 10 rings (SSSR count). The van der Waals surface area contributed by atoms with Crippen LogP contribution in [0.4, 0.5) is 0 Å². The quantitative estimate of drug-likeness (QED) is 0.184. The lowest BCUT2D eigenvalue weighted by atomic mass is 9.76. The normalized spacial score (nSPS) is 13.6. The molecule has 1 heteroatoms. The van der Waals surface area contributed by atoms with Crippen molar-refractivity contribution in [3.8, 4) is 33.4 Å². The van der Waals surface area contributed by atoms with Gasteiger partial charge in [-0.1, -0.05) is 141 Å². The fraction of sp³-hybridized carbons (Fsp3) is 0.0667. The zero-order valence-electron chi connectivity index (χ0n) is 25.8. The van der Waals surface area contributed by atoms with E-state index in [1.54, 1.807) is 0 Å². The molecule has 0 N–H and O–H groups in total. The molecular weight excluding hydrogens is 556 g/mol. The standard InChI is InChI=1S/C45H30O/c1-45(2)37-23-13-12-22-34(37)43-42-35-24-28-16-6-7-17-29(28)25-38(35)46-39(42)26-36(44(43)45)41-32-20-10-8-18-30(32)40(27-14-4-3-5-15-27)31-19-9-11-21-33(31)41/h3-26H,1-2H3. The van der Waals surface area contributed by atoms with Gasteiger partial charge in [0, 0.05) is 16.2 Å². The minimum atomic E-state index is -0.212. The Morgan fingerprint density at radius 3 is 1.70 bits per heavy atom. The Kier molecular flexibility index (Phi) is 5.12. The van der Waals surface area contributed by atoms with Gasteiger partial charge < -0.3 is 4.42 Å². The average Bonchev–Trinajstić information content (AvgIpc) is 3.57. The molecular formula is C45H30O. The van der Waals surface area contributed by atoms with Crippen LogP contribution in [0.3, 0.4) is 0 Å². The number of rotatable bonds is 2. The van der Waals surface area contributed by atoms with Crippen LogP contribution < -0.4 is 0 Å². The van der Waals surface area contributed by atoms with Crippen LogP contribution in [0.2, 0.25) is 0 Å². The molecule has 0 spiro atoms. The van der Waals surface area contributed by atoms with Crippen LogP contribution >= 0.6 is 0 Å². The molecule has 1 aliphatic rings. The van der Waals surface area contributed by atoms with Crippen LogP contribution in [-0.4, -0.2) is 0 Å². The summed E-state index contributed by atoms with van der Waals surface area (Å²) in [4.78, 5) is 0. The molecule has 1 nitrogen and oxygen atoms in total. The highest BCUT2D eigenvalue weighted by Crippen LogP contribution is 2.58. The van der Waals surface area contributed by atoms with E-state index in [1.807, 2.05) is 0 Å². The minimum Gasteiger partial charge on any atom is -0.456 e. The van der Waals surface area contributed by atoms with E-state index in [0.717, 1.165) is 11.2 Å². The summed E-state index contributed by atoms with van der Waals surface area (Å²) < 4.78 is 6.85. The number of benzene rings is 8. The Morgan fingerprint density at radius 1 is 0.435 bits per heavy atom. The molecule has 0 saturated heterocycles. The highest BCUT2D eigenvalue weighted by Gasteiger charge is 2.40. The van der Waals surface area contributed by atoms with E-state index in [0.29, 0.717) is 0 Å². The summed E-state index contributed by atoms with van der Waals surface area (Å²) in [7, 11) is 0. The van der Waals surface area contributed by atoms with Crippen LogP contribution in [0.25, 0.3) is 87.6 Å². The van der Waals surface area contributed by atoms with Crippen molar-refractivity contribution in [2.75, 3.05) is 0 Å². The van der Waals surface area contributed by atoms with Crippen LogP contribution in [0.5, 0.6) is 0 Å². The molecule has 216 valence electrons. The second-order valence-corrected chi connectivity index (χ2v) is 13.2. The molecule has 1 aromatic heterocycles. The molecule has 0 fully saturated rings. The molecule has 0 radical (unpaired) electrons. The molecule has 0 unspecified atom stereocenters. The second-order valence-electron chi connectivity index (χ2n) is 13.2. The largest absolute Gasteiger partial charge is 0.456 e. The van der Waals surface area contributed by atoms with E-state index in [4.69, 9.17) is 4.42 Å². The lowest BCUT2D eigenvalue weighted by Gasteiger charge is -2.26. The van der Waals surface area contributed by atoms with E-state index in [-0.39, 0.29) is 5.41 Å². The first kappa shape index (κ1) is 25.6. The fourth-order valence-electron chi connectivity index (χ4n) is 8.45. The van der Waals surface area contributed by atoms with E-state index < -0.39 is 0 Å². The van der Waals surface area contributed by atoms with Gasteiger partial charge in [-0.25, -0.2) is 0 Å². The Bertz CT molecular complexity index is 2650. The predicted molar refractivity (Wildman–Crippen MR) is 195 cm³/mol. The van der Waals surface area contributed by atoms with Crippen LogP contribution in [0, 0.1) is 0 Å². The van der Waals surface area contributed by atoms with Crippen molar-refractivity contribution in [3.63, 3.8) is 0 Å². The van der Waals surface area contributed by atoms with Gasteiger partial charge in [0.25, 0.3) is 0 Å². The van der Waals surface area contributed by atoms with E-state index >= 15 is 0 Å². The summed E-state index contributed by atoms with van der Waals surface area (Å²) >= 11 is 0. The number of hydrogen-bond donors (Lipinski definition) is 0. The van der Waals surface area contributed by atoms with Crippen molar-refractivity contribution in [2.24, 2.45) is 0 Å². The number of fused-ring (bicyclic) bond motifs is 10. The summed E-state index contributed by atoms with van der Waals surface area (Å²) in [6.45, 7) is 4.79. The first-order valence-electron chi connectivity index (χ1n) is 16.1. The van der Waals surface area contributed by atoms with Gasteiger partial charge >= 0.3 is 0 Å². The number of furan rings is 1. The smallest absolute Gasteiger partial charge is 0.136 e. The molecule has 0 saturated carbocycles. The topological polar surface area (TPSA) is 13.1 Å². The Hall–Kier alpha value is -5.66. The Labute approximate surface area is 267 Å². The van der Waals surface area contributed by atoms with Gasteiger partial charge in [-0.3, -0.25) is 0 Å². The van der Waals surface area contributed by atoms with Crippen LogP contribution in [0.1, 0.15) is 25.0 Å². The van der Waals surface area contributed by atoms with Crippen molar-refractivity contribution in [1.29, 1.82) is 0 Å². The van der Waals surface area contributed by atoms with Crippen LogP contribution in [0.15, 0.2) is 150 Å². The van der Waals surface area contributed by atoms with Crippen molar-refractivity contribution in [2.45, 2.75) is 19.3 Å². The maximum absolute atomic E-state index is 6.85. The molecule has 0 bridgehead atoms. The molecule has 0 atom stereocenters. The van der Waals surface area contributed by atoms with Gasteiger partial charge in [-0.2, -0.15) is 0 Å². The van der Waals surface area contributed by atoms with E-state index in [9.17, 15) is 0 Å². The highest BCUT2D eigenvalue weighted by molar-refractivity contribution is 6.25. The Morgan fingerprint density at radius 2 is 1.00 bits per heavy atom. The highest BCUT2D eigenvalue weighted by atomic mass is 16.3. The van der Waals surface area contributed by atoms with Gasteiger partial charge in [0.05, 0.1) is 0 Å². The molecule has 1 aliphatic carbocycles. The second kappa shape index (κ2) is 9.19.